The zero-order valence-corrected chi connectivity index (χ0v) is 19.9. The van der Waals surface area contributed by atoms with Crippen molar-refractivity contribution in [1.82, 2.24) is 0 Å². The Morgan fingerprint density at radius 3 is 2.40 bits per heavy atom. The maximum Gasteiger partial charge on any atom is 3.00 e. The third-order valence-electron chi connectivity index (χ3n) is 5.26. The average molecular weight is 454 g/mol. The fourth-order valence-corrected chi connectivity index (χ4v) is 4.08. The summed E-state index contributed by atoms with van der Waals surface area (Å²) in [5, 5.41) is 0. The molecule has 25 heavy (non-hydrogen) atoms. The smallest absolute Gasteiger partial charge is 1.00 e. The Morgan fingerprint density at radius 2 is 1.76 bits per heavy atom. The number of benzene rings is 1. The second kappa shape index (κ2) is 10.3. The molecule has 0 aliphatic heterocycles. The van der Waals surface area contributed by atoms with Crippen molar-refractivity contribution in [2.75, 3.05) is 0 Å². The minimum Gasteiger partial charge on any atom is -1.00 e. The van der Waals surface area contributed by atoms with Gasteiger partial charge in [-0.25, -0.2) is 5.57 Å². The molecule has 133 valence electrons. The van der Waals surface area contributed by atoms with Crippen molar-refractivity contribution in [2.45, 2.75) is 66.2 Å². The molecule has 0 nitrogen and oxygen atoms in total. The molecule has 0 spiro atoms. The molecule has 0 N–H and O–H groups in total. The van der Waals surface area contributed by atoms with Crippen molar-refractivity contribution in [2.24, 2.45) is 0 Å². The first-order chi connectivity index (χ1) is 10.5. The summed E-state index contributed by atoms with van der Waals surface area (Å²) in [6.07, 6.45) is 10.8. The number of hydrogen-bond acceptors (Lipinski definition) is 0. The van der Waals surface area contributed by atoms with Gasteiger partial charge in [0.05, 0.1) is 0 Å². The molecule has 1 radical (unpaired) electrons. The maximum atomic E-state index is 3.66. The van der Waals surface area contributed by atoms with Crippen molar-refractivity contribution >= 4 is 6.08 Å². The Kier molecular flexibility index (Phi) is 10.3. The molecule has 2 aliphatic carbocycles. The molecule has 0 saturated carbocycles. The molecular formula is C22H27Cl2Zr. The van der Waals surface area contributed by atoms with Gasteiger partial charge < -0.3 is 24.8 Å². The summed E-state index contributed by atoms with van der Waals surface area (Å²) in [6.45, 7) is 11.3. The van der Waals surface area contributed by atoms with Crippen LogP contribution in [0.4, 0.5) is 0 Å². The van der Waals surface area contributed by atoms with E-state index in [4.69, 9.17) is 0 Å². The molecule has 0 bridgehead atoms. The van der Waals surface area contributed by atoms with Gasteiger partial charge in [0.1, 0.15) is 0 Å². The quantitative estimate of drug-likeness (QED) is 0.581. The first kappa shape index (κ1) is 24.9. The van der Waals surface area contributed by atoms with E-state index in [1.54, 1.807) is 5.57 Å². The third kappa shape index (κ3) is 4.80. The number of allylic oxidation sites excluding steroid dienone is 5. The summed E-state index contributed by atoms with van der Waals surface area (Å²) in [6, 6.07) is 4.70. The van der Waals surface area contributed by atoms with E-state index in [-0.39, 0.29) is 51.0 Å². The van der Waals surface area contributed by atoms with E-state index in [2.05, 4.69) is 58.9 Å². The largest absolute Gasteiger partial charge is 3.00 e. The van der Waals surface area contributed by atoms with Crippen LogP contribution in [0.15, 0.2) is 34.4 Å². The SMILES string of the molecule is CCCCC1=[C-]CC(C2C(C)=Cc3c(C)cc(C)cc32)=C1C.[Cl-].[Cl-].[Zr+3]. The monoisotopic (exact) mass is 451 g/mol. The molecule has 1 unspecified atom stereocenters. The summed E-state index contributed by atoms with van der Waals surface area (Å²) in [4.78, 5) is 0. The van der Waals surface area contributed by atoms with Gasteiger partial charge in [0.2, 0.25) is 0 Å². The predicted molar refractivity (Wildman–Crippen MR) is 95.9 cm³/mol. The molecule has 1 atom stereocenters. The molecule has 1 aromatic carbocycles. The van der Waals surface area contributed by atoms with Gasteiger partial charge in [0, 0.05) is 5.92 Å². The molecule has 3 rings (SSSR count). The Labute approximate surface area is 185 Å². The Bertz CT molecular complexity index is 711. The summed E-state index contributed by atoms with van der Waals surface area (Å²) < 4.78 is 0. The molecule has 0 saturated heterocycles. The van der Waals surface area contributed by atoms with Gasteiger partial charge in [0.15, 0.2) is 0 Å². The van der Waals surface area contributed by atoms with Crippen LogP contribution in [0.1, 0.15) is 74.6 Å². The van der Waals surface area contributed by atoms with Crippen molar-refractivity contribution in [1.29, 1.82) is 0 Å². The van der Waals surface area contributed by atoms with E-state index in [9.17, 15) is 0 Å². The van der Waals surface area contributed by atoms with Gasteiger partial charge in [0.25, 0.3) is 0 Å². The summed E-state index contributed by atoms with van der Waals surface area (Å²) in [7, 11) is 0. The molecule has 2 aliphatic rings. The zero-order chi connectivity index (χ0) is 15.9. The summed E-state index contributed by atoms with van der Waals surface area (Å²) in [5.74, 6) is 0.486. The molecule has 0 heterocycles. The normalized spacial score (nSPS) is 17.9. The average Bonchev–Trinajstić information content (AvgIpc) is 2.97. The van der Waals surface area contributed by atoms with E-state index in [0.29, 0.717) is 5.92 Å². The van der Waals surface area contributed by atoms with Crippen molar-refractivity contribution in [3.8, 4) is 0 Å². The topological polar surface area (TPSA) is 0 Å². The number of halogens is 2. The van der Waals surface area contributed by atoms with Crippen molar-refractivity contribution in [3.05, 3.63) is 62.8 Å². The van der Waals surface area contributed by atoms with E-state index in [1.807, 2.05) is 0 Å². The van der Waals surface area contributed by atoms with Gasteiger partial charge in [-0.2, -0.15) is 11.1 Å². The summed E-state index contributed by atoms with van der Waals surface area (Å²) >= 11 is 0. The fourth-order valence-electron chi connectivity index (χ4n) is 4.08. The van der Waals surface area contributed by atoms with Crippen LogP contribution in [-0.4, -0.2) is 0 Å². The van der Waals surface area contributed by atoms with E-state index in [1.165, 1.54) is 58.2 Å². The van der Waals surface area contributed by atoms with Crippen LogP contribution in [0.5, 0.6) is 0 Å². The number of unbranched alkanes of at least 4 members (excludes halogenated alkanes) is 1. The maximum absolute atomic E-state index is 3.66. The van der Waals surface area contributed by atoms with E-state index < -0.39 is 0 Å². The standard InChI is InChI=1S/C22H27.2ClH.Zr/c1-6-7-8-18-9-10-19(17(18)5)22-16(4)13-20-15(3)11-14(2)12-21(20)22;;;/h11-13,22H,6-8,10H2,1-5H3;2*1H;/q-1;;;+3/p-2. The van der Waals surface area contributed by atoms with Crippen LogP contribution in [0.25, 0.3) is 6.08 Å². The van der Waals surface area contributed by atoms with Crippen molar-refractivity contribution < 1.29 is 51.0 Å². The van der Waals surface area contributed by atoms with Crippen LogP contribution < -0.4 is 24.8 Å². The Morgan fingerprint density at radius 1 is 1.08 bits per heavy atom. The van der Waals surface area contributed by atoms with Gasteiger partial charge in [-0.15, -0.1) is 13.3 Å². The van der Waals surface area contributed by atoms with Crippen LogP contribution in [-0.2, 0) is 26.2 Å². The van der Waals surface area contributed by atoms with Gasteiger partial charge in [-0.1, -0.05) is 55.5 Å². The molecule has 0 amide bonds. The van der Waals surface area contributed by atoms with Gasteiger partial charge in [-0.05, 0) is 37.5 Å². The molecule has 1 aromatic rings. The second-order valence-electron chi connectivity index (χ2n) is 6.99. The van der Waals surface area contributed by atoms with Crippen LogP contribution in [0.2, 0.25) is 0 Å². The molecule has 0 fully saturated rings. The molecule has 3 heteroatoms. The van der Waals surface area contributed by atoms with E-state index >= 15 is 0 Å². The Balaban J connectivity index is 0.00000192. The zero-order valence-electron chi connectivity index (χ0n) is 15.9. The number of rotatable bonds is 4. The fraction of sp³-hybridized carbons (Fsp3) is 0.455. The molecular weight excluding hydrogens is 426 g/mol. The minimum absolute atomic E-state index is 0. The first-order valence-corrected chi connectivity index (χ1v) is 8.62. The van der Waals surface area contributed by atoms with Crippen LogP contribution in [0, 0.1) is 19.9 Å². The Hall–Kier alpha value is -0.0969. The summed E-state index contributed by atoms with van der Waals surface area (Å²) in [5.41, 5.74) is 11.8. The van der Waals surface area contributed by atoms with Crippen molar-refractivity contribution in [3.63, 3.8) is 0 Å². The predicted octanol–water partition coefficient (Wildman–Crippen LogP) is 0.449. The number of fused-ring (bicyclic) bond motifs is 1. The molecule has 0 aromatic heterocycles. The van der Waals surface area contributed by atoms with Gasteiger partial charge in [-0.3, -0.25) is 6.08 Å². The first-order valence-electron chi connectivity index (χ1n) is 8.62. The number of aryl methyl sites for hydroxylation is 2. The number of hydrogen-bond donors (Lipinski definition) is 0. The van der Waals surface area contributed by atoms with E-state index in [0.717, 1.165) is 6.42 Å². The third-order valence-corrected chi connectivity index (χ3v) is 5.26. The van der Waals surface area contributed by atoms with Crippen LogP contribution >= 0.6 is 0 Å². The van der Waals surface area contributed by atoms with Gasteiger partial charge >= 0.3 is 26.2 Å². The minimum atomic E-state index is 0. The second-order valence-corrected chi connectivity index (χ2v) is 6.99. The van der Waals surface area contributed by atoms with Crippen LogP contribution in [0.3, 0.4) is 0 Å².